The van der Waals surface area contributed by atoms with Crippen LogP contribution in [0.4, 0.5) is 11.4 Å². The second-order valence-electron chi connectivity index (χ2n) is 7.58. The number of nitro benzene ring substituents is 1. The molecule has 1 aliphatic rings. The highest BCUT2D eigenvalue weighted by atomic mass is 16.6. The Morgan fingerprint density at radius 1 is 1.07 bits per heavy atom. The molecule has 0 radical (unpaired) electrons. The molecule has 2 aromatic rings. The lowest BCUT2D eigenvalue weighted by Gasteiger charge is -2.32. The second-order valence-corrected chi connectivity index (χ2v) is 7.58. The van der Waals surface area contributed by atoms with E-state index in [1.165, 1.54) is 6.07 Å². The maximum Gasteiger partial charge on any atom is 0.293 e. The summed E-state index contributed by atoms with van der Waals surface area (Å²) in [6.45, 7) is 4.78. The fraction of sp³-hybridized carbons (Fsp3) is 0.364. The SMILES string of the molecule is CC(C)NC(=O)c1ccc(N2CCC(C(=O)c3ccccc3)CC2)c([N+](=O)[O-])c1. The minimum atomic E-state index is -0.456. The Morgan fingerprint density at radius 2 is 1.72 bits per heavy atom. The van der Waals surface area contributed by atoms with Crippen molar-refractivity contribution >= 4 is 23.1 Å². The van der Waals surface area contributed by atoms with Crippen LogP contribution < -0.4 is 10.2 Å². The maximum atomic E-state index is 12.7. The molecule has 152 valence electrons. The third-order valence-corrected chi connectivity index (χ3v) is 5.12. The van der Waals surface area contributed by atoms with Crippen molar-refractivity contribution in [1.82, 2.24) is 5.32 Å². The fourth-order valence-corrected chi connectivity index (χ4v) is 3.64. The van der Waals surface area contributed by atoms with E-state index in [-0.39, 0.29) is 34.9 Å². The molecule has 7 nitrogen and oxygen atoms in total. The second kappa shape index (κ2) is 8.86. The summed E-state index contributed by atoms with van der Waals surface area (Å²) in [7, 11) is 0. The first kappa shape index (κ1) is 20.5. The highest BCUT2D eigenvalue weighted by molar-refractivity contribution is 5.98. The van der Waals surface area contributed by atoms with Crippen molar-refractivity contribution in [2.45, 2.75) is 32.7 Å². The quantitative estimate of drug-likeness (QED) is 0.456. The Hall–Kier alpha value is -3.22. The molecule has 0 saturated carbocycles. The summed E-state index contributed by atoms with van der Waals surface area (Å²) in [6.07, 6.45) is 1.28. The number of piperidine rings is 1. The minimum absolute atomic E-state index is 0.0533. The molecule has 1 N–H and O–H groups in total. The van der Waals surface area contributed by atoms with Crippen LogP contribution in [0.3, 0.4) is 0 Å². The number of Topliss-reactive ketones (excluding diaryl/α,β-unsaturated/α-hetero) is 1. The van der Waals surface area contributed by atoms with Gasteiger partial charge in [0.2, 0.25) is 0 Å². The number of hydrogen-bond acceptors (Lipinski definition) is 5. The van der Waals surface area contributed by atoms with Gasteiger partial charge in [-0.1, -0.05) is 30.3 Å². The largest absolute Gasteiger partial charge is 0.366 e. The number of anilines is 1. The molecular weight excluding hydrogens is 370 g/mol. The number of carbonyl (C=O) groups is 2. The van der Waals surface area contributed by atoms with Crippen molar-refractivity contribution in [2.24, 2.45) is 5.92 Å². The molecule has 3 rings (SSSR count). The van der Waals surface area contributed by atoms with Gasteiger partial charge >= 0.3 is 0 Å². The summed E-state index contributed by atoms with van der Waals surface area (Å²) < 4.78 is 0. The number of ketones is 1. The Bertz CT molecular complexity index is 904. The molecule has 1 fully saturated rings. The van der Waals surface area contributed by atoms with Gasteiger partial charge in [-0.25, -0.2) is 0 Å². The Kier molecular flexibility index (Phi) is 6.26. The molecule has 1 aliphatic heterocycles. The first-order valence-corrected chi connectivity index (χ1v) is 9.80. The average Bonchev–Trinajstić information content (AvgIpc) is 2.73. The van der Waals surface area contributed by atoms with Crippen molar-refractivity contribution in [3.63, 3.8) is 0 Å². The van der Waals surface area contributed by atoms with Gasteiger partial charge in [0.15, 0.2) is 5.78 Å². The zero-order valence-corrected chi connectivity index (χ0v) is 16.6. The van der Waals surface area contributed by atoms with E-state index < -0.39 is 4.92 Å². The predicted octanol–water partition coefficient (Wildman–Crippen LogP) is 3.83. The topological polar surface area (TPSA) is 92.6 Å². The summed E-state index contributed by atoms with van der Waals surface area (Å²) >= 11 is 0. The van der Waals surface area contributed by atoms with Gasteiger partial charge in [0.25, 0.3) is 11.6 Å². The van der Waals surface area contributed by atoms with Crippen molar-refractivity contribution in [1.29, 1.82) is 0 Å². The van der Waals surface area contributed by atoms with Crippen LogP contribution in [0.1, 0.15) is 47.4 Å². The molecule has 0 bridgehead atoms. The molecular formula is C22H25N3O4. The number of nitro groups is 1. The van der Waals surface area contributed by atoms with Crippen molar-refractivity contribution in [3.05, 3.63) is 69.8 Å². The van der Waals surface area contributed by atoms with Crippen LogP contribution in [0.25, 0.3) is 0 Å². The van der Waals surface area contributed by atoms with E-state index >= 15 is 0 Å². The van der Waals surface area contributed by atoms with E-state index in [1.54, 1.807) is 12.1 Å². The normalized spacial score (nSPS) is 14.7. The van der Waals surface area contributed by atoms with Crippen LogP contribution in [-0.2, 0) is 0 Å². The van der Waals surface area contributed by atoms with E-state index in [1.807, 2.05) is 49.1 Å². The van der Waals surface area contributed by atoms with Crippen LogP contribution in [0.15, 0.2) is 48.5 Å². The predicted molar refractivity (Wildman–Crippen MR) is 111 cm³/mol. The molecule has 0 spiro atoms. The number of hydrogen-bond donors (Lipinski definition) is 1. The lowest BCUT2D eigenvalue weighted by Crippen LogP contribution is -2.37. The number of carbonyl (C=O) groups excluding carboxylic acids is 2. The smallest absolute Gasteiger partial charge is 0.293 e. The average molecular weight is 395 g/mol. The highest BCUT2D eigenvalue weighted by Gasteiger charge is 2.29. The molecule has 7 heteroatoms. The number of rotatable bonds is 6. The zero-order chi connectivity index (χ0) is 21.0. The van der Waals surface area contributed by atoms with Crippen LogP contribution >= 0.6 is 0 Å². The molecule has 0 atom stereocenters. The standard InChI is InChI=1S/C22H25N3O4/c1-15(2)23-22(27)18-8-9-19(20(14-18)25(28)29)24-12-10-17(11-13-24)21(26)16-6-4-3-5-7-16/h3-9,14-15,17H,10-13H2,1-2H3,(H,23,27). The summed E-state index contributed by atoms with van der Waals surface area (Å²) in [6, 6.07) is 13.7. The maximum absolute atomic E-state index is 12.7. The summed E-state index contributed by atoms with van der Waals surface area (Å²) in [4.78, 5) is 37.9. The third-order valence-electron chi connectivity index (χ3n) is 5.12. The highest BCUT2D eigenvalue weighted by Crippen LogP contribution is 2.33. The van der Waals surface area contributed by atoms with Crippen LogP contribution in [0, 0.1) is 16.0 Å². The van der Waals surface area contributed by atoms with Crippen LogP contribution in [-0.4, -0.2) is 35.7 Å². The lowest BCUT2D eigenvalue weighted by molar-refractivity contribution is -0.384. The first-order valence-electron chi connectivity index (χ1n) is 9.80. The van der Waals surface area contributed by atoms with Gasteiger partial charge < -0.3 is 10.2 Å². The van der Waals surface area contributed by atoms with Gasteiger partial charge in [-0.15, -0.1) is 0 Å². The summed E-state index contributed by atoms with van der Waals surface area (Å²) in [5.74, 6) is -0.286. The van der Waals surface area contributed by atoms with Gasteiger partial charge in [0.1, 0.15) is 5.69 Å². The Morgan fingerprint density at radius 3 is 2.31 bits per heavy atom. The van der Waals surface area contributed by atoms with Crippen molar-refractivity contribution in [3.8, 4) is 0 Å². The molecule has 2 aromatic carbocycles. The molecule has 1 heterocycles. The van der Waals surface area contributed by atoms with Gasteiger partial charge in [-0.05, 0) is 38.8 Å². The van der Waals surface area contributed by atoms with Gasteiger partial charge in [-0.3, -0.25) is 19.7 Å². The van der Waals surface area contributed by atoms with E-state index in [4.69, 9.17) is 0 Å². The first-order chi connectivity index (χ1) is 13.9. The molecule has 1 amide bonds. The molecule has 0 aliphatic carbocycles. The number of nitrogens with one attached hydrogen (secondary N) is 1. The van der Waals surface area contributed by atoms with Crippen molar-refractivity contribution < 1.29 is 14.5 Å². The van der Waals surface area contributed by atoms with Crippen molar-refractivity contribution in [2.75, 3.05) is 18.0 Å². The van der Waals surface area contributed by atoms with Crippen LogP contribution in [0.5, 0.6) is 0 Å². The van der Waals surface area contributed by atoms with Gasteiger partial charge in [0, 0.05) is 42.2 Å². The van der Waals surface area contributed by atoms with Gasteiger partial charge in [0.05, 0.1) is 4.92 Å². The molecule has 29 heavy (non-hydrogen) atoms. The molecule has 0 unspecified atom stereocenters. The summed E-state index contributed by atoms with van der Waals surface area (Å²) in [5, 5.41) is 14.4. The monoisotopic (exact) mass is 395 g/mol. The number of benzene rings is 2. The van der Waals surface area contributed by atoms with Crippen LogP contribution in [0.2, 0.25) is 0 Å². The zero-order valence-electron chi connectivity index (χ0n) is 16.6. The minimum Gasteiger partial charge on any atom is -0.366 e. The summed E-state index contributed by atoms with van der Waals surface area (Å²) in [5.41, 5.74) is 1.37. The van der Waals surface area contributed by atoms with Gasteiger partial charge in [-0.2, -0.15) is 0 Å². The number of nitrogens with zero attached hydrogens (tertiary/aromatic N) is 2. The lowest BCUT2D eigenvalue weighted by atomic mass is 9.88. The molecule has 1 saturated heterocycles. The number of amides is 1. The van der Waals surface area contributed by atoms with E-state index in [0.717, 1.165) is 0 Å². The molecule has 0 aromatic heterocycles. The van der Waals surface area contributed by atoms with E-state index in [2.05, 4.69) is 5.32 Å². The van der Waals surface area contributed by atoms with E-state index in [9.17, 15) is 19.7 Å². The Labute approximate surface area is 169 Å². The van der Waals surface area contributed by atoms with E-state index in [0.29, 0.717) is 37.2 Å². The Balaban J connectivity index is 1.73. The third kappa shape index (κ3) is 4.80. The fourth-order valence-electron chi connectivity index (χ4n) is 3.64.